The standard InChI is InChI=1S/C16H24N4O2S.HI/c1-3-11-18-16(17-4-2)19-12-13-5-9-15(10-6-13)23(21,22)20-14-7-8-14;/h3,5-6,9-10,14,20H,1,4,7-8,11-12H2,2H3,(H2,17,18,19);1H. The van der Waals surface area contributed by atoms with Crippen molar-refractivity contribution in [3.63, 3.8) is 0 Å². The van der Waals surface area contributed by atoms with Crippen molar-refractivity contribution >= 4 is 40.0 Å². The largest absolute Gasteiger partial charge is 0.357 e. The van der Waals surface area contributed by atoms with E-state index in [0.29, 0.717) is 23.9 Å². The number of sulfonamides is 1. The van der Waals surface area contributed by atoms with Crippen molar-refractivity contribution < 1.29 is 8.42 Å². The summed E-state index contributed by atoms with van der Waals surface area (Å²) < 4.78 is 26.9. The summed E-state index contributed by atoms with van der Waals surface area (Å²) in [6.45, 7) is 7.54. The Labute approximate surface area is 161 Å². The van der Waals surface area contributed by atoms with Gasteiger partial charge >= 0.3 is 0 Å². The van der Waals surface area contributed by atoms with E-state index in [0.717, 1.165) is 24.9 Å². The second-order valence-corrected chi connectivity index (χ2v) is 7.12. The number of benzene rings is 1. The van der Waals surface area contributed by atoms with Crippen LogP contribution in [0.1, 0.15) is 25.3 Å². The molecule has 1 fully saturated rings. The van der Waals surface area contributed by atoms with Gasteiger partial charge in [0.05, 0.1) is 11.4 Å². The molecule has 6 nitrogen and oxygen atoms in total. The fraction of sp³-hybridized carbons (Fsp3) is 0.438. The highest BCUT2D eigenvalue weighted by Gasteiger charge is 2.27. The van der Waals surface area contributed by atoms with E-state index in [4.69, 9.17) is 0 Å². The van der Waals surface area contributed by atoms with Gasteiger partial charge < -0.3 is 10.6 Å². The van der Waals surface area contributed by atoms with Crippen LogP contribution in [0.2, 0.25) is 0 Å². The highest BCUT2D eigenvalue weighted by Crippen LogP contribution is 2.22. The monoisotopic (exact) mass is 464 g/mol. The summed E-state index contributed by atoms with van der Waals surface area (Å²) in [5.41, 5.74) is 0.950. The SMILES string of the molecule is C=CCNC(=NCc1ccc(S(=O)(=O)NC2CC2)cc1)NCC.I. The van der Waals surface area contributed by atoms with Gasteiger partial charge in [-0.1, -0.05) is 18.2 Å². The zero-order valence-corrected chi connectivity index (χ0v) is 16.9. The average Bonchev–Trinajstić information content (AvgIpc) is 3.34. The van der Waals surface area contributed by atoms with Crippen LogP contribution in [0.3, 0.4) is 0 Å². The Morgan fingerprint density at radius 3 is 2.50 bits per heavy atom. The van der Waals surface area contributed by atoms with Gasteiger partial charge in [-0.2, -0.15) is 0 Å². The molecule has 0 radical (unpaired) electrons. The summed E-state index contributed by atoms with van der Waals surface area (Å²) in [6, 6.07) is 6.95. The number of halogens is 1. The van der Waals surface area contributed by atoms with E-state index >= 15 is 0 Å². The molecule has 1 aliphatic rings. The Morgan fingerprint density at radius 1 is 1.29 bits per heavy atom. The summed E-state index contributed by atoms with van der Waals surface area (Å²) in [7, 11) is -3.39. The number of guanidine groups is 1. The predicted octanol–water partition coefficient (Wildman–Crippen LogP) is 1.99. The third kappa shape index (κ3) is 6.78. The second-order valence-electron chi connectivity index (χ2n) is 5.40. The highest BCUT2D eigenvalue weighted by molar-refractivity contribution is 14.0. The number of nitrogens with zero attached hydrogens (tertiary/aromatic N) is 1. The minimum atomic E-state index is -3.39. The van der Waals surface area contributed by atoms with E-state index in [1.807, 2.05) is 6.92 Å². The van der Waals surface area contributed by atoms with Gasteiger partial charge in [0.15, 0.2) is 5.96 Å². The van der Waals surface area contributed by atoms with Gasteiger partial charge in [0, 0.05) is 19.1 Å². The molecule has 0 aromatic heterocycles. The Kier molecular flexibility index (Phi) is 8.71. The zero-order valence-electron chi connectivity index (χ0n) is 13.8. The van der Waals surface area contributed by atoms with E-state index in [-0.39, 0.29) is 30.0 Å². The molecule has 0 atom stereocenters. The van der Waals surface area contributed by atoms with Gasteiger partial charge in [0.25, 0.3) is 0 Å². The first-order valence-corrected chi connectivity index (χ1v) is 9.28. The van der Waals surface area contributed by atoms with Crippen LogP contribution in [-0.2, 0) is 16.6 Å². The van der Waals surface area contributed by atoms with E-state index < -0.39 is 10.0 Å². The van der Waals surface area contributed by atoms with Crippen LogP contribution < -0.4 is 15.4 Å². The van der Waals surface area contributed by atoms with Crippen molar-refractivity contribution in [3.05, 3.63) is 42.5 Å². The molecule has 1 saturated carbocycles. The fourth-order valence-corrected chi connectivity index (χ4v) is 3.25. The Bertz CT molecular complexity index is 655. The minimum Gasteiger partial charge on any atom is -0.357 e. The maximum atomic E-state index is 12.1. The lowest BCUT2D eigenvalue weighted by Crippen LogP contribution is -2.37. The number of nitrogens with one attached hydrogen (secondary N) is 3. The number of hydrogen-bond acceptors (Lipinski definition) is 3. The summed E-state index contributed by atoms with van der Waals surface area (Å²) in [4.78, 5) is 4.75. The van der Waals surface area contributed by atoms with Gasteiger partial charge in [0.2, 0.25) is 10.0 Å². The highest BCUT2D eigenvalue weighted by atomic mass is 127. The van der Waals surface area contributed by atoms with E-state index in [2.05, 4.69) is 26.9 Å². The molecular weight excluding hydrogens is 439 g/mol. The topological polar surface area (TPSA) is 82.6 Å². The normalized spacial score (nSPS) is 14.6. The maximum Gasteiger partial charge on any atom is 0.240 e. The van der Waals surface area contributed by atoms with Crippen LogP contribution in [0.5, 0.6) is 0 Å². The Balaban J connectivity index is 0.00000288. The number of aliphatic imine (C=N–C) groups is 1. The number of rotatable bonds is 8. The molecule has 1 aromatic rings. The van der Waals surface area contributed by atoms with Crippen molar-refractivity contribution in [1.82, 2.24) is 15.4 Å². The Hall–Kier alpha value is -1.13. The Morgan fingerprint density at radius 2 is 1.96 bits per heavy atom. The fourth-order valence-electron chi connectivity index (χ4n) is 1.94. The molecule has 0 heterocycles. The lowest BCUT2D eigenvalue weighted by Gasteiger charge is -2.09. The third-order valence-electron chi connectivity index (χ3n) is 3.31. The van der Waals surface area contributed by atoms with Crippen LogP contribution in [0.15, 0.2) is 46.8 Å². The van der Waals surface area contributed by atoms with Crippen molar-refractivity contribution in [2.75, 3.05) is 13.1 Å². The zero-order chi connectivity index (χ0) is 16.7. The molecule has 1 aromatic carbocycles. The maximum absolute atomic E-state index is 12.1. The van der Waals surface area contributed by atoms with Gasteiger partial charge in [-0.05, 0) is 37.5 Å². The van der Waals surface area contributed by atoms with Crippen LogP contribution in [0, 0.1) is 0 Å². The van der Waals surface area contributed by atoms with Crippen molar-refractivity contribution in [2.24, 2.45) is 4.99 Å². The first-order valence-electron chi connectivity index (χ1n) is 7.79. The summed E-state index contributed by atoms with van der Waals surface area (Å²) in [5.74, 6) is 0.708. The van der Waals surface area contributed by atoms with E-state index in [1.165, 1.54) is 0 Å². The smallest absolute Gasteiger partial charge is 0.240 e. The molecular formula is C16H25IN4O2S. The quantitative estimate of drug-likeness (QED) is 0.238. The molecule has 2 rings (SSSR count). The molecule has 0 unspecified atom stereocenters. The molecule has 0 spiro atoms. The summed E-state index contributed by atoms with van der Waals surface area (Å²) in [5, 5.41) is 6.26. The first-order chi connectivity index (χ1) is 11.0. The van der Waals surface area contributed by atoms with Crippen molar-refractivity contribution in [3.8, 4) is 0 Å². The van der Waals surface area contributed by atoms with Crippen molar-refractivity contribution in [2.45, 2.75) is 37.2 Å². The summed E-state index contributed by atoms with van der Waals surface area (Å²) >= 11 is 0. The molecule has 134 valence electrons. The second kappa shape index (κ2) is 10.00. The predicted molar refractivity (Wildman–Crippen MR) is 108 cm³/mol. The molecule has 0 amide bonds. The van der Waals surface area contributed by atoms with Gasteiger partial charge in [-0.15, -0.1) is 30.6 Å². The average molecular weight is 464 g/mol. The molecule has 24 heavy (non-hydrogen) atoms. The summed E-state index contributed by atoms with van der Waals surface area (Å²) in [6.07, 6.45) is 3.62. The minimum absolute atomic E-state index is 0. The molecule has 8 heteroatoms. The first kappa shape index (κ1) is 20.9. The molecule has 0 saturated heterocycles. The molecule has 0 aliphatic heterocycles. The van der Waals surface area contributed by atoms with Crippen LogP contribution in [0.25, 0.3) is 0 Å². The van der Waals surface area contributed by atoms with Crippen LogP contribution in [-0.4, -0.2) is 33.5 Å². The number of hydrogen-bond donors (Lipinski definition) is 3. The molecule has 1 aliphatic carbocycles. The van der Waals surface area contributed by atoms with E-state index in [9.17, 15) is 8.42 Å². The van der Waals surface area contributed by atoms with Crippen LogP contribution in [0.4, 0.5) is 0 Å². The van der Waals surface area contributed by atoms with Gasteiger partial charge in [-0.3, -0.25) is 0 Å². The lowest BCUT2D eigenvalue weighted by molar-refractivity contribution is 0.581. The van der Waals surface area contributed by atoms with Gasteiger partial charge in [-0.25, -0.2) is 18.1 Å². The van der Waals surface area contributed by atoms with E-state index in [1.54, 1.807) is 30.3 Å². The third-order valence-corrected chi connectivity index (χ3v) is 4.85. The van der Waals surface area contributed by atoms with Crippen LogP contribution >= 0.6 is 24.0 Å². The lowest BCUT2D eigenvalue weighted by atomic mass is 10.2. The molecule has 3 N–H and O–H groups in total. The van der Waals surface area contributed by atoms with Gasteiger partial charge in [0.1, 0.15) is 0 Å². The van der Waals surface area contributed by atoms with Crippen molar-refractivity contribution in [1.29, 1.82) is 0 Å². The molecule has 0 bridgehead atoms.